The molecule has 7 N–H and O–H groups in total. The molecule has 0 bridgehead atoms. The second kappa shape index (κ2) is 17.0. The van der Waals surface area contributed by atoms with Crippen LogP contribution in [0.4, 0.5) is 0 Å². The topological polar surface area (TPSA) is 179 Å². The fourth-order valence-electron chi connectivity index (χ4n) is 4.43. The summed E-state index contributed by atoms with van der Waals surface area (Å²) >= 11 is 0. The fourth-order valence-corrected chi connectivity index (χ4v) is 4.43. The molecule has 0 spiro atoms. The Hall–Kier alpha value is -0.700. The van der Waals surface area contributed by atoms with Gasteiger partial charge in [-0.15, -0.1) is 0 Å². The van der Waals surface area contributed by atoms with E-state index in [0.717, 1.165) is 12.8 Å². The average molecular weight is 523 g/mol. The number of allylic oxidation sites excluding steroid dienone is 1. The minimum Gasteiger partial charge on any atom is -0.394 e. The molecule has 10 atom stereocenters. The van der Waals surface area contributed by atoms with E-state index < -0.39 is 74.6 Å². The summed E-state index contributed by atoms with van der Waals surface area (Å²) in [5, 5.41) is 70.1. The maximum absolute atomic E-state index is 10.6. The summed E-state index contributed by atoms with van der Waals surface area (Å²) in [7, 11) is 0. The van der Waals surface area contributed by atoms with Crippen LogP contribution >= 0.6 is 0 Å². The number of aliphatic hydroxyl groups excluding tert-OH is 7. The summed E-state index contributed by atoms with van der Waals surface area (Å²) in [6.45, 7) is 1.11. The van der Waals surface area contributed by atoms with Gasteiger partial charge in [0.1, 0.15) is 48.8 Å². The first-order valence-electron chi connectivity index (χ1n) is 13.2. The van der Waals surface area contributed by atoms with Gasteiger partial charge in [0.05, 0.1) is 19.8 Å². The maximum Gasteiger partial charge on any atom is 0.187 e. The summed E-state index contributed by atoms with van der Waals surface area (Å²) in [5.41, 5.74) is 0. The third-order valence-corrected chi connectivity index (χ3v) is 6.71. The predicted molar refractivity (Wildman–Crippen MR) is 129 cm³/mol. The van der Waals surface area contributed by atoms with Crippen LogP contribution in [0.2, 0.25) is 0 Å². The first-order chi connectivity index (χ1) is 17.3. The minimum atomic E-state index is -1.70. The molecule has 0 aromatic rings. The molecule has 0 radical (unpaired) electrons. The van der Waals surface area contributed by atoms with Gasteiger partial charge in [-0.3, -0.25) is 0 Å². The van der Waals surface area contributed by atoms with Gasteiger partial charge in [0.25, 0.3) is 0 Å². The van der Waals surface area contributed by atoms with Gasteiger partial charge in [0.2, 0.25) is 0 Å². The fraction of sp³-hybridized carbons (Fsp3) is 0.920. The maximum atomic E-state index is 10.6. The monoisotopic (exact) mass is 522 g/mol. The third kappa shape index (κ3) is 9.25. The largest absolute Gasteiger partial charge is 0.394 e. The van der Waals surface area contributed by atoms with Gasteiger partial charge in [-0.05, 0) is 12.8 Å². The molecule has 0 amide bonds. The van der Waals surface area contributed by atoms with E-state index in [2.05, 4.69) is 6.92 Å². The number of rotatable bonds is 16. The van der Waals surface area contributed by atoms with Gasteiger partial charge in [0.15, 0.2) is 12.6 Å². The Labute approximate surface area is 213 Å². The molecule has 0 aliphatic carbocycles. The Morgan fingerprint density at radius 2 is 1.22 bits per heavy atom. The first-order valence-corrected chi connectivity index (χ1v) is 13.2. The SMILES string of the molecule is CCCCCCCCCCC=CCO[C@@H]1OC(CO)[C@@H](O[C@@H]2OC(CO)[C@H](O)[C@H](O)C2O)[C@H](O)C1O. The van der Waals surface area contributed by atoms with Crippen LogP contribution in [0, 0.1) is 0 Å². The van der Waals surface area contributed by atoms with Crippen LogP contribution in [0.3, 0.4) is 0 Å². The van der Waals surface area contributed by atoms with Gasteiger partial charge in [-0.1, -0.05) is 64.0 Å². The molecule has 0 aromatic carbocycles. The van der Waals surface area contributed by atoms with Crippen LogP contribution < -0.4 is 0 Å². The second-order valence-electron chi connectivity index (χ2n) is 9.57. The summed E-state index contributed by atoms with van der Waals surface area (Å²) in [5.74, 6) is 0. The smallest absolute Gasteiger partial charge is 0.187 e. The molecule has 212 valence electrons. The lowest BCUT2D eigenvalue weighted by Gasteiger charge is -2.45. The van der Waals surface area contributed by atoms with Gasteiger partial charge >= 0.3 is 0 Å². The Kier molecular flexibility index (Phi) is 14.9. The quantitative estimate of drug-likeness (QED) is 0.105. The number of hydrogen-bond donors (Lipinski definition) is 7. The first kappa shape index (κ1) is 31.5. The molecule has 2 rings (SSSR count). The third-order valence-electron chi connectivity index (χ3n) is 6.71. The van der Waals surface area contributed by atoms with Crippen molar-refractivity contribution in [3.8, 4) is 0 Å². The van der Waals surface area contributed by atoms with E-state index in [4.69, 9.17) is 18.9 Å². The summed E-state index contributed by atoms with van der Waals surface area (Å²) < 4.78 is 21.9. The molecule has 2 heterocycles. The van der Waals surface area contributed by atoms with E-state index in [1.54, 1.807) is 0 Å². The van der Waals surface area contributed by atoms with E-state index in [9.17, 15) is 35.7 Å². The number of unbranched alkanes of at least 4 members (excludes halogenated alkanes) is 8. The van der Waals surface area contributed by atoms with E-state index in [0.29, 0.717) is 0 Å². The molecule has 2 fully saturated rings. The van der Waals surface area contributed by atoms with Crippen molar-refractivity contribution in [3.05, 3.63) is 12.2 Å². The van der Waals surface area contributed by atoms with Crippen LogP contribution in [0.15, 0.2) is 12.2 Å². The average Bonchev–Trinajstić information content (AvgIpc) is 2.88. The highest BCUT2D eigenvalue weighted by molar-refractivity contribution is 4.94. The highest BCUT2D eigenvalue weighted by atomic mass is 16.7. The van der Waals surface area contributed by atoms with Crippen molar-refractivity contribution in [1.29, 1.82) is 0 Å². The lowest BCUT2D eigenvalue weighted by atomic mass is 9.97. The summed E-state index contributed by atoms with van der Waals surface area (Å²) in [6, 6.07) is 0. The van der Waals surface area contributed by atoms with Crippen LogP contribution in [0.25, 0.3) is 0 Å². The van der Waals surface area contributed by atoms with E-state index in [-0.39, 0.29) is 6.61 Å². The predicted octanol–water partition coefficient (Wildman–Crippen LogP) is -0.286. The van der Waals surface area contributed by atoms with Crippen LogP contribution in [-0.4, -0.2) is 117 Å². The summed E-state index contributed by atoms with van der Waals surface area (Å²) in [4.78, 5) is 0. The minimum absolute atomic E-state index is 0.141. The van der Waals surface area contributed by atoms with Gasteiger partial charge < -0.3 is 54.7 Å². The molecule has 2 aliphatic heterocycles. The Morgan fingerprint density at radius 3 is 1.86 bits per heavy atom. The molecule has 11 nitrogen and oxygen atoms in total. The zero-order chi connectivity index (χ0) is 26.5. The zero-order valence-corrected chi connectivity index (χ0v) is 21.2. The number of ether oxygens (including phenoxy) is 4. The van der Waals surface area contributed by atoms with Crippen LogP contribution in [-0.2, 0) is 18.9 Å². The molecule has 36 heavy (non-hydrogen) atoms. The van der Waals surface area contributed by atoms with Crippen molar-refractivity contribution in [2.45, 2.75) is 126 Å². The van der Waals surface area contributed by atoms with Crippen molar-refractivity contribution in [2.24, 2.45) is 0 Å². The lowest BCUT2D eigenvalue weighted by molar-refractivity contribution is -0.358. The molecular weight excluding hydrogens is 476 g/mol. The van der Waals surface area contributed by atoms with Crippen molar-refractivity contribution in [3.63, 3.8) is 0 Å². The van der Waals surface area contributed by atoms with Crippen molar-refractivity contribution < 1.29 is 54.7 Å². The van der Waals surface area contributed by atoms with E-state index in [1.807, 2.05) is 12.2 Å². The Morgan fingerprint density at radius 1 is 0.639 bits per heavy atom. The normalized spacial score (nSPS) is 37.6. The van der Waals surface area contributed by atoms with Gasteiger partial charge in [-0.2, -0.15) is 0 Å². The molecule has 2 aliphatic rings. The molecule has 0 aromatic heterocycles. The molecule has 4 unspecified atom stereocenters. The van der Waals surface area contributed by atoms with Gasteiger partial charge in [-0.25, -0.2) is 0 Å². The van der Waals surface area contributed by atoms with Crippen molar-refractivity contribution >= 4 is 0 Å². The highest BCUT2D eigenvalue weighted by Gasteiger charge is 2.50. The molecule has 0 saturated carbocycles. The number of aliphatic hydroxyl groups is 7. The van der Waals surface area contributed by atoms with Crippen LogP contribution in [0.5, 0.6) is 0 Å². The van der Waals surface area contributed by atoms with Crippen LogP contribution in [0.1, 0.15) is 64.7 Å². The number of hydrogen-bond acceptors (Lipinski definition) is 11. The van der Waals surface area contributed by atoms with E-state index >= 15 is 0 Å². The Balaban J connectivity index is 1.75. The molecular formula is C25H46O11. The standard InChI is InChI=1S/C25H46O11/c1-2-3-4-5-6-7-8-9-10-11-12-13-33-24-22(32)20(30)23(17(15-27)35-24)36-25-21(31)19(29)18(28)16(14-26)34-25/h11-12,16-32H,2-10,13-15H2,1H3/t16?,17?,18-,19-,20+,21?,22?,23+,24+,25-/m0/s1. The lowest BCUT2D eigenvalue weighted by Crippen LogP contribution is -2.64. The Bertz CT molecular complexity index is 603. The van der Waals surface area contributed by atoms with Gasteiger partial charge in [0, 0.05) is 0 Å². The second-order valence-corrected chi connectivity index (χ2v) is 9.57. The summed E-state index contributed by atoms with van der Waals surface area (Å²) in [6.07, 6.45) is 0.195. The molecule has 2 saturated heterocycles. The van der Waals surface area contributed by atoms with Crippen molar-refractivity contribution in [2.75, 3.05) is 19.8 Å². The molecule has 11 heteroatoms. The van der Waals surface area contributed by atoms with Crippen molar-refractivity contribution in [1.82, 2.24) is 0 Å². The zero-order valence-electron chi connectivity index (χ0n) is 21.2. The van der Waals surface area contributed by atoms with E-state index in [1.165, 1.54) is 44.9 Å². The highest BCUT2D eigenvalue weighted by Crippen LogP contribution is 2.29.